The maximum Gasteiger partial charge on any atom is 0.320 e. The maximum atomic E-state index is 12.1. The van der Waals surface area contributed by atoms with Crippen LogP contribution in [0.3, 0.4) is 0 Å². The standard InChI is InChI=1S/C27H31N7O6/c1-2-29-27(37)33-23-20-24(31-13-30-23)34(14-32-20)25-22-21(18(38-25)12-28-11-16-10-17(16)26(35)36)39-19(40-22)9-8-15-6-4-3-5-7-15/h3-9,13-14,16-19,21-22,25,28H,2,10-12H2,1H3,(H,35,36)(H2,29,30,31,33,37)/b9-8+/t16?,17?,18-,19+,21-,22-,25-/m1/s1. The third-order valence-corrected chi connectivity index (χ3v) is 7.31. The third kappa shape index (κ3) is 5.41. The van der Waals surface area contributed by atoms with Crippen LogP contribution in [0.4, 0.5) is 10.6 Å². The van der Waals surface area contributed by atoms with Gasteiger partial charge < -0.3 is 30.0 Å². The number of hydrogen-bond donors (Lipinski definition) is 4. The Labute approximate surface area is 229 Å². The first-order valence-electron chi connectivity index (χ1n) is 13.4. The molecule has 7 atom stereocenters. The molecule has 1 aromatic carbocycles. The van der Waals surface area contributed by atoms with Crippen molar-refractivity contribution in [3.05, 3.63) is 54.6 Å². The molecule has 1 saturated carbocycles. The monoisotopic (exact) mass is 549 g/mol. The fraction of sp³-hybridized carbons (Fsp3) is 0.444. The van der Waals surface area contributed by atoms with Crippen molar-refractivity contribution in [2.24, 2.45) is 11.8 Å². The predicted molar refractivity (Wildman–Crippen MR) is 143 cm³/mol. The number of fused-ring (bicyclic) bond motifs is 2. The van der Waals surface area contributed by atoms with Crippen molar-refractivity contribution in [3.8, 4) is 0 Å². The van der Waals surface area contributed by atoms with Gasteiger partial charge in [0.1, 0.15) is 24.6 Å². The zero-order valence-corrected chi connectivity index (χ0v) is 21.8. The minimum Gasteiger partial charge on any atom is -0.481 e. The summed E-state index contributed by atoms with van der Waals surface area (Å²) in [4.78, 5) is 36.3. The molecular weight excluding hydrogens is 518 g/mol. The van der Waals surface area contributed by atoms with E-state index in [0.29, 0.717) is 37.2 Å². The molecule has 13 heteroatoms. The summed E-state index contributed by atoms with van der Waals surface area (Å²) in [6, 6.07) is 9.49. The number of carboxylic acid groups (broad SMARTS) is 1. The molecule has 2 unspecified atom stereocenters. The van der Waals surface area contributed by atoms with Crippen LogP contribution in [-0.4, -0.2) is 80.9 Å². The largest absolute Gasteiger partial charge is 0.481 e. The first kappa shape index (κ1) is 26.3. The number of imidazole rings is 1. The summed E-state index contributed by atoms with van der Waals surface area (Å²) in [6.45, 7) is 3.35. The number of rotatable bonds is 10. The Hall–Kier alpha value is -3.91. The molecule has 1 aliphatic carbocycles. The Morgan fingerprint density at radius 2 is 1.93 bits per heavy atom. The van der Waals surface area contributed by atoms with Gasteiger partial charge in [-0.3, -0.25) is 14.7 Å². The second-order valence-corrected chi connectivity index (χ2v) is 10.0. The van der Waals surface area contributed by atoms with Gasteiger partial charge >= 0.3 is 12.0 Å². The van der Waals surface area contributed by atoms with Gasteiger partial charge in [0.25, 0.3) is 0 Å². The van der Waals surface area contributed by atoms with Crippen LogP contribution in [0.5, 0.6) is 0 Å². The van der Waals surface area contributed by atoms with Crippen LogP contribution in [0.15, 0.2) is 49.1 Å². The van der Waals surface area contributed by atoms with Gasteiger partial charge in [0, 0.05) is 13.1 Å². The number of aromatic nitrogens is 4. The first-order valence-corrected chi connectivity index (χ1v) is 13.4. The van der Waals surface area contributed by atoms with Crippen molar-refractivity contribution < 1.29 is 28.9 Å². The number of hydrogen-bond acceptors (Lipinski definition) is 9. The average Bonchev–Trinajstić information content (AvgIpc) is 3.25. The van der Waals surface area contributed by atoms with E-state index in [1.54, 1.807) is 10.9 Å². The summed E-state index contributed by atoms with van der Waals surface area (Å²) in [5.41, 5.74) is 1.93. The highest BCUT2D eigenvalue weighted by molar-refractivity contribution is 5.95. The van der Waals surface area contributed by atoms with E-state index >= 15 is 0 Å². The summed E-state index contributed by atoms with van der Waals surface area (Å²) in [7, 11) is 0. The van der Waals surface area contributed by atoms with Crippen molar-refractivity contribution in [3.63, 3.8) is 0 Å². The van der Waals surface area contributed by atoms with Gasteiger partial charge in [0.2, 0.25) is 0 Å². The van der Waals surface area contributed by atoms with Gasteiger partial charge in [-0.05, 0) is 37.4 Å². The molecule has 4 heterocycles. The van der Waals surface area contributed by atoms with Gasteiger partial charge in [-0.15, -0.1) is 0 Å². The average molecular weight is 550 g/mol. The predicted octanol–water partition coefficient (Wildman–Crippen LogP) is 2.00. The summed E-state index contributed by atoms with van der Waals surface area (Å²) in [6.07, 6.45) is 5.08. The van der Waals surface area contributed by atoms with Crippen LogP contribution in [-0.2, 0) is 19.0 Å². The number of nitrogens with zero attached hydrogens (tertiary/aromatic N) is 4. The molecule has 2 amide bonds. The van der Waals surface area contributed by atoms with Gasteiger partial charge in [-0.2, -0.15) is 0 Å². The molecule has 2 aromatic heterocycles. The van der Waals surface area contributed by atoms with Crippen LogP contribution in [0.1, 0.15) is 25.1 Å². The number of amides is 2. The Kier molecular flexibility index (Phi) is 7.43. The van der Waals surface area contributed by atoms with E-state index in [1.165, 1.54) is 6.33 Å². The Morgan fingerprint density at radius 3 is 2.70 bits per heavy atom. The van der Waals surface area contributed by atoms with Crippen LogP contribution in [0, 0.1) is 11.8 Å². The number of carbonyl (C=O) groups excluding carboxylic acids is 1. The first-order chi connectivity index (χ1) is 19.5. The summed E-state index contributed by atoms with van der Waals surface area (Å²) in [5.74, 6) is -0.625. The minimum atomic E-state index is -0.750. The Bertz CT molecular complexity index is 1400. The SMILES string of the molecule is CCNC(=O)Nc1ncnc2c1ncn2[C@@H]1O[C@H](CNCC2CC2C(=O)O)[C@H]2O[C@H](/C=C/c3ccccc3)O[C@H]21. The lowest BCUT2D eigenvalue weighted by Gasteiger charge is -2.20. The summed E-state index contributed by atoms with van der Waals surface area (Å²) >= 11 is 0. The van der Waals surface area contributed by atoms with E-state index in [2.05, 4.69) is 30.9 Å². The van der Waals surface area contributed by atoms with Crippen molar-refractivity contribution in [2.45, 2.75) is 44.2 Å². The van der Waals surface area contributed by atoms with Crippen molar-refractivity contribution in [2.75, 3.05) is 25.0 Å². The normalized spacial score (nSPS) is 29.1. The van der Waals surface area contributed by atoms with Crippen LogP contribution in [0.2, 0.25) is 0 Å². The van der Waals surface area contributed by atoms with Crippen molar-refractivity contribution >= 4 is 35.1 Å². The molecule has 210 valence electrons. The zero-order valence-electron chi connectivity index (χ0n) is 21.8. The van der Waals surface area contributed by atoms with E-state index in [0.717, 1.165) is 5.56 Å². The van der Waals surface area contributed by atoms with Gasteiger partial charge in [0.15, 0.2) is 29.5 Å². The fourth-order valence-corrected chi connectivity index (χ4v) is 5.22. The number of urea groups is 1. The second kappa shape index (κ2) is 11.3. The smallest absolute Gasteiger partial charge is 0.320 e. The lowest BCUT2D eigenvalue weighted by Crippen LogP contribution is -2.37. The fourth-order valence-electron chi connectivity index (χ4n) is 5.22. The highest BCUT2D eigenvalue weighted by atomic mass is 16.8. The van der Waals surface area contributed by atoms with Crippen LogP contribution >= 0.6 is 0 Å². The molecule has 3 aromatic rings. The number of carbonyl (C=O) groups is 2. The molecule has 13 nitrogen and oxygen atoms in total. The minimum absolute atomic E-state index is 0.123. The van der Waals surface area contributed by atoms with Crippen LogP contribution in [0.25, 0.3) is 17.2 Å². The Balaban J connectivity index is 1.21. The molecular formula is C27H31N7O6. The molecule has 40 heavy (non-hydrogen) atoms. The number of nitrogens with one attached hydrogen (secondary N) is 3. The van der Waals surface area contributed by atoms with Gasteiger partial charge in [0.05, 0.1) is 12.2 Å². The molecule has 0 spiro atoms. The number of carboxylic acids is 1. The molecule has 6 rings (SSSR count). The van der Waals surface area contributed by atoms with Gasteiger partial charge in [-0.25, -0.2) is 19.7 Å². The Morgan fingerprint density at radius 1 is 1.10 bits per heavy atom. The van der Waals surface area contributed by atoms with Gasteiger partial charge in [-0.1, -0.05) is 36.4 Å². The van der Waals surface area contributed by atoms with E-state index in [-0.39, 0.29) is 35.9 Å². The molecule has 2 saturated heterocycles. The number of ether oxygens (including phenoxy) is 3. The molecule has 3 fully saturated rings. The number of anilines is 1. The van der Waals surface area contributed by atoms with E-state index < -0.39 is 24.6 Å². The molecule has 0 bridgehead atoms. The lowest BCUT2D eigenvalue weighted by molar-refractivity contribution is -0.138. The summed E-state index contributed by atoms with van der Waals surface area (Å²) < 4.78 is 20.8. The number of benzene rings is 1. The zero-order chi connectivity index (χ0) is 27.6. The molecule has 4 N–H and O–H groups in total. The molecule has 2 aliphatic heterocycles. The highest BCUT2D eigenvalue weighted by Gasteiger charge is 2.53. The summed E-state index contributed by atoms with van der Waals surface area (Å²) in [5, 5.41) is 17.9. The third-order valence-electron chi connectivity index (χ3n) is 7.31. The quantitative estimate of drug-likeness (QED) is 0.294. The molecule has 0 radical (unpaired) electrons. The van der Waals surface area contributed by atoms with E-state index in [1.807, 2.05) is 49.4 Å². The van der Waals surface area contributed by atoms with Crippen LogP contribution < -0.4 is 16.0 Å². The number of aliphatic carboxylic acids is 1. The van der Waals surface area contributed by atoms with E-state index in [4.69, 9.17) is 14.2 Å². The topological polar surface area (TPSA) is 162 Å². The second-order valence-electron chi connectivity index (χ2n) is 10.0. The van der Waals surface area contributed by atoms with Crippen molar-refractivity contribution in [1.29, 1.82) is 0 Å². The van der Waals surface area contributed by atoms with Crippen molar-refractivity contribution in [1.82, 2.24) is 30.2 Å². The van der Waals surface area contributed by atoms with E-state index in [9.17, 15) is 14.7 Å². The highest BCUT2D eigenvalue weighted by Crippen LogP contribution is 2.41. The lowest BCUT2D eigenvalue weighted by atomic mass is 10.1. The maximum absolute atomic E-state index is 12.1. The molecule has 3 aliphatic rings.